The molecule has 0 radical (unpaired) electrons. The van der Waals surface area contributed by atoms with Gasteiger partial charge in [-0.3, -0.25) is 9.36 Å². The van der Waals surface area contributed by atoms with Crippen molar-refractivity contribution in [1.82, 2.24) is 19.7 Å². The molecule has 5 rings (SSSR count). The third kappa shape index (κ3) is 4.67. The van der Waals surface area contributed by atoms with Crippen molar-refractivity contribution < 1.29 is 14.3 Å². The minimum absolute atomic E-state index is 0.0520. The molecule has 172 valence electrons. The van der Waals surface area contributed by atoms with Crippen LogP contribution in [0.4, 0.5) is 5.95 Å². The molecule has 1 saturated heterocycles. The van der Waals surface area contributed by atoms with Crippen LogP contribution in [0, 0.1) is 5.92 Å². The van der Waals surface area contributed by atoms with E-state index in [4.69, 9.17) is 9.47 Å². The molecule has 1 saturated carbocycles. The fourth-order valence-corrected chi connectivity index (χ4v) is 5.18. The third-order valence-electron chi connectivity index (χ3n) is 6.42. The molecule has 9 heteroatoms. The normalized spacial score (nSPS) is 20.9. The van der Waals surface area contributed by atoms with Crippen LogP contribution in [0.2, 0.25) is 0 Å². The number of likely N-dealkylation sites (N-methyl/N-ethyl adjacent to an activating group) is 1. The van der Waals surface area contributed by atoms with Gasteiger partial charge in [-0.1, -0.05) is 30.8 Å². The van der Waals surface area contributed by atoms with Crippen molar-refractivity contribution in [2.24, 2.45) is 5.92 Å². The van der Waals surface area contributed by atoms with Crippen LogP contribution < -0.4 is 14.4 Å². The van der Waals surface area contributed by atoms with E-state index in [1.807, 2.05) is 31.3 Å². The van der Waals surface area contributed by atoms with E-state index in [2.05, 4.69) is 26.6 Å². The molecule has 3 heterocycles. The summed E-state index contributed by atoms with van der Waals surface area (Å²) in [7, 11) is 1.82. The Labute approximate surface area is 193 Å². The Morgan fingerprint density at radius 1 is 1.16 bits per heavy atom. The molecule has 0 spiro atoms. The van der Waals surface area contributed by atoms with E-state index >= 15 is 0 Å². The second-order valence-electron chi connectivity index (χ2n) is 9.11. The molecule has 3 aliphatic rings. The van der Waals surface area contributed by atoms with Crippen LogP contribution in [-0.2, 0) is 4.79 Å². The van der Waals surface area contributed by atoms with Crippen molar-refractivity contribution in [2.75, 3.05) is 43.9 Å². The van der Waals surface area contributed by atoms with Crippen molar-refractivity contribution in [1.29, 1.82) is 0 Å². The van der Waals surface area contributed by atoms with E-state index in [9.17, 15) is 4.79 Å². The first-order valence-corrected chi connectivity index (χ1v) is 12.5. The standard InChI is InChI=1S/C23H31N5O3S/c1-16-9-11-27(12-10-16)22-24-25-23(28(22)17-7-8-17)32-15-21(29)26(2)13-18-14-30-19-5-3-4-6-20(19)31-18/h3-6,16-18H,7-15H2,1-2H3/t18-/m0/s1. The molecule has 8 nitrogen and oxygen atoms in total. The van der Waals surface area contributed by atoms with E-state index in [-0.39, 0.29) is 12.0 Å². The van der Waals surface area contributed by atoms with Crippen molar-refractivity contribution >= 4 is 23.6 Å². The molecular weight excluding hydrogens is 426 g/mol. The van der Waals surface area contributed by atoms with Crippen LogP contribution in [0.1, 0.15) is 38.6 Å². The van der Waals surface area contributed by atoms with Gasteiger partial charge in [-0.05, 0) is 43.7 Å². The average molecular weight is 458 g/mol. The molecule has 32 heavy (non-hydrogen) atoms. The first-order chi connectivity index (χ1) is 15.6. The highest BCUT2D eigenvalue weighted by molar-refractivity contribution is 7.99. The molecule has 1 aromatic carbocycles. The number of piperidine rings is 1. The molecule has 1 amide bonds. The fourth-order valence-electron chi connectivity index (χ4n) is 4.24. The van der Waals surface area contributed by atoms with Gasteiger partial charge in [0.25, 0.3) is 0 Å². The summed E-state index contributed by atoms with van der Waals surface area (Å²) in [6, 6.07) is 8.11. The molecule has 0 N–H and O–H groups in total. The van der Waals surface area contributed by atoms with Gasteiger partial charge in [-0.15, -0.1) is 10.2 Å². The largest absolute Gasteiger partial charge is 0.486 e. The summed E-state index contributed by atoms with van der Waals surface area (Å²) in [6.07, 6.45) is 4.54. The Kier molecular flexibility index (Phi) is 6.17. The Morgan fingerprint density at radius 3 is 2.66 bits per heavy atom. The van der Waals surface area contributed by atoms with Crippen molar-refractivity contribution in [3.63, 3.8) is 0 Å². The molecule has 2 aromatic rings. The second-order valence-corrected chi connectivity index (χ2v) is 10.1. The third-order valence-corrected chi connectivity index (χ3v) is 7.35. The molecule has 0 unspecified atom stereocenters. The summed E-state index contributed by atoms with van der Waals surface area (Å²) >= 11 is 1.49. The predicted octanol–water partition coefficient (Wildman–Crippen LogP) is 3.24. The van der Waals surface area contributed by atoms with Gasteiger partial charge in [0.1, 0.15) is 6.61 Å². The number of fused-ring (bicyclic) bond motifs is 1. The minimum atomic E-state index is -0.174. The molecule has 2 aliphatic heterocycles. The highest BCUT2D eigenvalue weighted by atomic mass is 32.2. The first-order valence-electron chi connectivity index (χ1n) is 11.5. The first kappa shape index (κ1) is 21.4. The minimum Gasteiger partial charge on any atom is -0.486 e. The van der Waals surface area contributed by atoms with Gasteiger partial charge < -0.3 is 19.3 Å². The topological polar surface area (TPSA) is 72.7 Å². The number of thioether (sulfide) groups is 1. The molecule has 1 aromatic heterocycles. The van der Waals surface area contributed by atoms with E-state index in [0.717, 1.165) is 54.5 Å². The average Bonchev–Trinajstić information content (AvgIpc) is 3.56. The molecule has 1 atom stereocenters. The number of para-hydroxylation sites is 2. The quantitative estimate of drug-likeness (QED) is 0.591. The lowest BCUT2D eigenvalue weighted by atomic mass is 10.00. The summed E-state index contributed by atoms with van der Waals surface area (Å²) in [5.41, 5.74) is 0. The summed E-state index contributed by atoms with van der Waals surface area (Å²) in [5, 5.41) is 9.84. The number of hydrogen-bond donors (Lipinski definition) is 0. The molecule has 2 fully saturated rings. The summed E-state index contributed by atoms with van der Waals surface area (Å²) in [4.78, 5) is 16.9. The Bertz CT molecular complexity index is 955. The molecule has 1 aliphatic carbocycles. The monoisotopic (exact) mass is 457 g/mol. The summed E-state index contributed by atoms with van der Waals surface area (Å²) < 4.78 is 14.0. The maximum atomic E-state index is 12.8. The number of aromatic nitrogens is 3. The summed E-state index contributed by atoms with van der Waals surface area (Å²) in [5.74, 6) is 3.63. The van der Waals surface area contributed by atoms with Crippen LogP contribution in [0.3, 0.4) is 0 Å². The zero-order valence-corrected chi connectivity index (χ0v) is 19.6. The summed E-state index contributed by atoms with van der Waals surface area (Å²) in [6.45, 7) is 5.31. The lowest BCUT2D eigenvalue weighted by Crippen LogP contribution is -2.42. The number of amides is 1. The molecular formula is C23H31N5O3S. The zero-order chi connectivity index (χ0) is 22.1. The number of ether oxygens (including phenoxy) is 2. The number of carbonyl (C=O) groups is 1. The SMILES string of the molecule is CC1CCN(c2nnc(SCC(=O)N(C)C[C@H]3COc4ccccc4O3)n2C2CC2)CC1. The van der Waals surface area contributed by atoms with E-state index < -0.39 is 0 Å². The van der Waals surface area contributed by atoms with Crippen molar-refractivity contribution in [2.45, 2.75) is 49.9 Å². The molecule has 0 bridgehead atoms. The number of carbonyl (C=O) groups excluding carboxylic acids is 1. The maximum absolute atomic E-state index is 12.8. The van der Waals surface area contributed by atoms with Gasteiger partial charge in [0.2, 0.25) is 11.9 Å². The van der Waals surface area contributed by atoms with Gasteiger partial charge in [0.15, 0.2) is 22.8 Å². The lowest BCUT2D eigenvalue weighted by molar-refractivity contribution is -0.128. The number of anilines is 1. The van der Waals surface area contributed by atoms with Gasteiger partial charge in [-0.25, -0.2) is 0 Å². The Morgan fingerprint density at radius 2 is 1.91 bits per heavy atom. The predicted molar refractivity (Wildman–Crippen MR) is 124 cm³/mol. The van der Waals surface area contributed by atoms with Crippen LogP contribution in [0.5, 0.6) is 11.5 Å². The van der Waals surface area contributed by atoms with Crippen LogP contribution in [-0.4, -0.2) is 70.7 Å². The van der Waals surface area contributed by atoms with Gasteiger partial charge >= 0.3 is 0 Å². The Hall–Kier alpha value is -2.42. The second kappa shape index (κ2) is 9.21. The Balaban J connectivity index is 1.17. The van der Waals surface area contributed by atoms with Gasteiger partial charge in [0, 0.05) is 26.2 Å². The fraction of sp³-hybridized carbons (Fsp3) is 0.609. The number of rotatable bonds is 7. The van der Waals surface area contributed by atoms with Crippen LogP contribution in [0.15, 0.2) is 29.4 Å². The lowest BCUT2D eigenvalue weighted by Gasteiger charge is -2.31. The van der Waals surface area contributed by atoms with Crippen molar-refractivity contribution in [3.05, 3.63) is 24.3 Å². The van der Waals surface area contributed by atoms with E-state index in [1.54, 1.807) is 4.90 Å². The highest BCUT2D eigenvalue weighted by Crippen LogP contribution is 2.41. The highest BCUT2D eigenvalue weighted by Gasteiger charge is 2.33. The van der Waals surface area contributed by atoms with Gasteiger partial charge in [0.05, 0.1) is 12.3 Å². The zero-order valence-electron chi connectivity index (χ0n) is 18.8. The number of benzene rings is 1. The van der Waals surface area contributed by atoms with Crippen LogP contribution in [0.25, 0.3) is 0 Å². The van der Waals surface area contributed by atoms with E-state index in [0.29, 0.717) is 24.9 Å². The van der Waals surface area contributed by atoms with Crippen LogP contribution >= 0.6 is 11.8 Å². The smallest absolute Gasteiger partial charge is 0.232 e. The number of nitrogens with zero attached hydrogens (tertiary/aromatic N) is 5. The van der Waals surface area contributed by atoms with Gasteiger partial charge in [-0.2, -0.15) is 0 Å². The maximum Gasteiger partial charge on any atom is 0.232 e. The number of hydrogen-bond acceptors (Lipinski definition) is 7. The van der Waals surface area contributed by atoms with E-state index in [1.165, 1.54) is 24.6 Å². The van der Waals surface area contributed by atoms with Crippen molar-refractivity contribution in [3.8, 4) is 11.5 Å².